The van der Waals surface area contributed by atoms with Crippen LogP contribution in [0.1, 0.15) is 17.0 Å². The highest BCUT2D eigenvalue weighted by Crippen LogP contribution is 2.31. The first-order chi connectivity index (χ1) is 9.61. The maximum absolute atomic E-state index is 11.8. The third-order valence-corrected chi connectivity index (χ3v) is 3.62. The first-order valence-corrected chi connectivity index (χ1v) is 6.94. The molecule has 0 saturated carbocycles. The van der Waals surface area contributed by atoms with Crippen LogP contribution in [0.15, 0.2) is 48.5 Å². The van der Waals surface area contributed by atoms with E-state index in [1.807, 2.05) is 42.5 Å². The maximum atomic E-state index is 11.8. The molecule has 0 radical (unpaired) electrons. The first-order valence-electron chi connectivity index (χ1n) is 6.18. The number of rotatable bonds is 5. The van der Waals surface area contributed by atoms with Crippen molar-refractivity contribution >= 4 is 28.4 Å². The molecular formula is C16H14Cl2O2. The Morgan fingerprint density at radius 3 is 2.60 bits per heavy atom. The molecule has 0 aliphatic heterocycles. The molecule has 104 valence electrons. The van der Waals surface area contributed by atoms with Crippen LogP contribution in [0.2, 0.25) is 5.02 Å². The highest BCUT2D eigenvalue weighted by Gasteiger charge is 2.22. The zero-order valence-electron chi connectivity index (χ0n) is 11.0. The molecule has 0 amide bonds. The molecule has 20 heavy (non-hydrogen) atoms. The summed E-state index contributed by atoms with van der Waals surface area (Å²) in [6.45, 7) is 0. The summed E-state index contributed by atoms with van der Waals surface area (Å²) in [5.41, 5.74) is 1.75. The molecule has 1 unspecified atom stereocenters. The first kappa shape index (κ1) is 14.9. The monoisotopic (exact) mass is 308 g/mol. The van der Waals surface area contributed by atoms with E-state index >= 15 is 0 Å². The Labute approximate surface area is 128 Å². The molecule has 0 N–H and O–H groups in total. The fourth-order valence-electron chi connectivity index (χ4n) is 2.17. The van der Waals surface area contributed by atoms with Crippen LogP contribution in [0.3, 0.4) is 0 Å². The van der Waals surface area contributed by atoms with Gasteiger partial charge in [0, 0.05) is 10.6 Å². The van der Waals surface area contributed by atoms with Crippen molar-refractivity contribution in [2.24, 2.45) is 0 Å². The van der Waals surface area contributed by atoms with Gasteiger partial charge in [0.15, 0.2) is 0 Å². The summed E-state index contributed by atoms with van der Waals surface area (Å²) in [6, 6.07) is 14.8. The van der Waals surface area contributed by atoms with Crippen molar-refractivity contribution in [1.29, 1.82) is 0 Å². The Balaban J connectivity index is 2.34. The van der Waals surface area contributed by atoms with E-state index in [9.17, 15) is 4.79 Å². The second-order valence-electron chi connectivity index (χ2n) is 4.43. The summed E-state index contributed by atoms with van der Waals surface area (Å²) in [5, 5.41) is 0.234. The summed E-state index contributed by atoms with van der Waals surface area (Å²) in [4.78, 5) is 11.8. The van der Waals surface area contributed by atoms with Crippen molar-refractivity contribution in [3.05, 3.63) is 64.7 Å². The third kappa shape index (κ3) is 3.53. The van der Waals surface area contributed by atoms with Gasteiger partial charge in [0.1, 0.15) is 5.75 Å². The average Bonchev–Trinajstić information content (AvgIpc) is 2.44. The van der Waals surface area contributed by atoms with Crippen molar-refractivity contribution in [2.75, 3.05) is 7.11 Å². The van der Waals surface area contributed by atoms with Gasteiger partial charge in [-0.25, -0.2) is 0 Å². The molecule has 0 fully saturated rings. The van der Waals surface area contributed by atoms with E-state index in [4.69, 9.17) is 27.9 Å². The number of carbonyl (C=O) groups is 1. The molecule has 0 aliphatic carbocycles. The Hall–Kier alpha value is -1.51. The maximum Gasteiger partial charge on any atom is 0.229 e. The highest BCUT2D eigenvalue weighted by atomic mass is 35.5. The number of benzene rings is 2. The number of carbonyl (C=O) groups excluding carboxylic acids is 1. The normalized spacial score (nSPS) is 11.9. The SMILES string of the molecule is COc1ccccc1C(Cc1cccc(Cl)c1)C(=O)Cl. The molecule has 0 aromatic heterocycles. The van der Waals surface area contributed by atoms with Crippen molar-refractivity contribution in [2.45, 2.75) is 12.3 Å². The van der Waals surface area contributed by atoms with Crippen molar-refractivity contribution < 1.29 is 9.53 Å². The Kier molecular flexibility index (Phi) is 5.05. The van der Waals surface area contributed by atoms with E-state index in [-0.39, 0.29) is 0 Å². The molecule has 1 atom stereocenters. The largest absolute Gasteiger partial charge is 0.496 e. The summed E-state index contributed by atoms with van der Waals surface area (Å²) < 4.78 is 5.30. The van der Waals surface area contributed by atoms with Gasteiger partial charge in [0.25, 0.3) is 0 Å². The van der Waals surface area contributed by atoms with Crippen LogP contribution in [0.5, 0.6) is 5.75 Å². The zero-order chi connectivity index (χ0) is 14.5. The second-order valence-corrected chi connectivity index (χ2v) is 5.24. The minimum atomic E-state index is -0.453. The molecule has 2 aromatic rings. The number of ether oxygens (including phenoxy) is 1. The van der Waals surface area contributed by atoms with E-state index in [1.54, 1.807) is 13.2 Å². The molecule has 0 spiro atoms. The van der Waals surface area contributed by atoms with Gasteiger partial charge in [0.2, 0.25) is 5.24 Å². The molecule has 0 saturated heterocycles. The Morgan fingerprint density at radius 2 is 1.95 bits per heavy atom. The average molecular weight is 309 g/mol. The lowest BCUT2D eigenvalue weighted by atomic mass is 9.92. The molecule has 0 heterocycles. The fourth-order valence-corrected chi connectivity index (χ4v) is 2.57. The molecule has 2 rings (SSSR count). The van der Waals surface area contributed by atoms with E-state index in [0.29, 0.717) is 17.2 Å². The van der Waals surface area contributed by atoms with Crippen LogP contribution < -0.4 is 4.74 Å². The molecular weight excluding hydrogens is 295 g/mol. The van der Waals surface area contributed by atoms with E-state index < -0.39 is 11.2 Å². The fraction of sp³-hybridized carbons (Fsp3) is 0.188. The number of hydrogen-bond acceptors (Lipinski definition) is 2. The zero-order valence-corrected chi connectivity index (χ0v) is 12.5. The van der Waals surface area contributed by atoms with Gasteiger partial charge < -0.3 is 4.74 Å². The van der Waals surface area contributed by atoms with Crippen LogP contribution in [-0.2, 0) is 11.2 Å². The number of hydrogen-bond donors (Lipinski definition) is 0. The van der Waals surface area contributed by atoms with Crippen LogP contribution in [0, 0.1) is 0 Å². The van der Waals surface area contributed by atoms with Gasteiger partial charge in [-0.3, -0.25) is 4.79 Å². The van der Waals surface area contributed by atoms with Gasteiger partial charge in [0.05, 0.1) is 13.0 Å². The molecule has 4 heteroatoms. The number of para-hydroxylation sites is 1. The van der Waals surface area contributed by atoms with Crippen LogP contribution in [0.4, 0.5) is 0 Å². The third-order valence-electron chi connectivity index (χ3n) is 3.12. The summed E-state index contributed by atoms with van der Waals surface area (Å²) in [6.07, 6.45) is 0.489. The highest BCUT2D eigenvalue weighted by molar-refractivity contribution is 6.64. The van der Waals surface area contributed by atoms with Gasteiger partial charge in [-0.1, -0.05) is 41.9 Å². The smallest absolute Gasteiger partial charge is 0.229 e. The predicted octanol–water partition coefficient (Wildman–Crippen LogP) is 4.44. The summed E-state index contributed by atoms with van der Waals surface area (Å²) in [7, 11) is 1.58. The van der Waals surface area contributed by atoms with Crippen LogP contribution in [0.25, 0.3) is 0 Å². The molecule has 0 aliphatic rings. The minimum Gasteiger partial charge on any atom is -0.496 e. The van der Waals surface area contributed by atoms with Gasteiger partial charge in [-0.15, -0.1) is 0 Å². The molecule has 2 nitrogen and oxygen atoms in total. The molecule has 2 aromatic carbocycles. The minimum absolute atomic E-state index is 0.408. The summed E-state index contributed by atoms with van der Waals surface area (Å²) >= 11 is 11.7. The van der Waals surface area contributed by atoms with E-state index in [1.165, 1.54) is 0 Å². The van der Waals surface area contributed by atoms with E-state index in [0.717, 1.165) is 11.1 Å². The van der Waals surface area contributed by atoms with Gasteiger partial charge >= 0.3 is 0 Å². The van der Waals surface area contributed by atoms with Gasteiger partial charge in [-0.2, -0.15) is 0 Å². The topological polar surface area (TPSA) is 26.3 Å². The van der Waals surface area contributed by atoms with Crippen molar-refractivity contribution in [3.8, 4) is 5.75 Å². The number of methoxy groups -OCH3 is 1. The predicted molar refractivity (Wildman–Crippen MR) is 81.8 cm³/mol. The molecule has 0 bridgehead atoms. The Bertz CT molecular complexity index is 611. The summed E-state index contributed by atoms with van der Waals surface area (Å²) in [5.74, 6) is 0.208. The lowest BCUT2D eigenvalue weighted by Gasteiger charge is -2.16. The van der Waals surface area contributed by atoms with E-state index in [2.05, 4.69) is 0 Å². The van der Waals surface area contributed by atoms with Crippen LogP contribution in [-0.4, -0.2) is 12.4 Å². The van der Waals surface area contributed by atoms with Crippen molar-refractivity contribution in [1.82, 2.24) is 0 Å². The number of halogens is 2. The quantitative estimate of drug-likeness (QED) is 0.763. The van der Waals surface area contributed by atoms with Gasteiger partial charge in [-0.05, 0) is 41.8 Å². The second kappa shape index (κ2) is 6.78. The standard InChI is InChI=1S/C16H14Cl2O2/c1-20-15-8-3-2-7-13(15)14(16(18)19)10-11-5-4-6-12(17)9-11/h2-9,14H,10H2,1H3. The lowest BCUT2D eigenvalue weighted by Crippen LogP contribution is -2.11. The van der Waals surface area contributed by atoms with Crippen molar-refractivity contribution in [3.63, 3.8) is 0 Å². The van der Waals surface area contributed by atoms with Crippen LogP contribution >= 0.6 is 23.2 Å². The lowest BCUT2D eigenvalue weighted by molar-refractivity contribution is -0.113. The Morgan fingerprint density at radius 1 is 1.20 bits per heavy atom.